The van der Waals surface area contributed by atoms with Gasteiger partial charge in [0, 0.05) is 22.9 Å². The number of para-hydroxylation sites is 1. The Morgan fingerprint density at radius 1 is 1.12 bits per heavy atom. The molecule has 0 aliphatic carbocycles. The van der Waals surface area contributed by atoms with Gasteiger partial charge < -0.3 is 10.6 Å². The zero-order chi connectivity index (χ0) is 23.6. The lowest BCUT2D eigenvalue weighted by molar-refractivity contribution is -0.123. The summed E-state index contributed by atoms with van der Waals surface area (Å²) in [4.78, 5) is 26.8. The van der Waals surface area contributed by atoms with Crippen molar-refractivity contribution < 1.29 is 9.59 Å². The smallest absolute Gasteiger partial charge is 0.248 e. The third-order valence-corrected chi connectivity index (χ3v) is 6.44. The molecule has 1 fully saturated rings. The van der Waals surface area contributed by atoms with Gasteiger partial charge in [-0.3, -0.25) is 14.5 Å². The molecule has 2 aromatic carbocycles. The number of likely N-dealkylation sites (tertiary alicyclic amines) is 1. The van der Waals surface area contributed by atoms with Gasteiger partial charge in [0.25, 0.3) is 0 Å². The van der Waals surface area contributed by atoms with E-state index in [-0.39, 0.29) is 23.8 Å². The predicted molar refractivity (Wildman–Crippen MR) is 130 cm³/mol. The van der Waals surface area contributed by atoms with Crippen molar-refractivity contribution in [1.29, 1.82) is 5.26 Å². The minimum absolute atomic E-state index is 0.0477. The van der Waals surface area contributed by atoms with Crippen LogP contribution in [-0.2, 0) is 9.59 Å². The number of nitrogens with one attached hydrogen (secondary N) is 2. The van der Waals surface area contributed by atoms with E-state index in [9.17, 15) is 14.9 Å². The van der Waals surface area contributed by atoms with Crippen molar-refractivity contribution in [2.45, 2.75) is 45.6 Å². The molecule has 0 radical (unpaired) electrons. The van der Waals surface area contributed by atoms with Crippen molar-refractivity contribution in [1.82, 2.24) is 4.90 Å². The van der Waals surface area contributed by atoms with Gasteiger partial charge in [-0.05, 0) is 61.2 Å². The van der Waals surface area contributed by atoms with Gasteiger partial charge >= 0.3 is 0 Å². The van der Waals surface area contributed by atoms with E-state index in [1.807, 2.05) is 57.2 Å². The largest absolute Gasteiger partial charge is 0.326 e. The van der Waals surface area contributed by atoms with Crippen LogP contribution in [0.4, 0.5) is 11.4 Å². The number of fused-ring (bicyclic) bond motifs is 1. The number of hydrogen-bond acceptors (Lipinski definition) is 4. The van der Waals surface area contributed by atoms with E-state index < -0.39 is 5.41 Å². The molecule has 6 nitrogen and oxygen atoms in total. The molecule has 0 bridgehead atoms. The molecule has 0 aromatic heterocycles. The zero-order valence-electron chi connectivity index (χ0n) is 19.4. The Labute approximate surface area is 195 Å². The Morgan fingerprint density at radius 3 is 2.55 bits per heavy atom. The first-order chi connectivity index (χ1) is 15.8. The van der Waals surface area contributed by atoms with Crippen molar-refractivity contribution in [3.8, 4) is 6.07 Å². The van der Waals surface area contributed by atoms with E-state index in [0.29, 0.717) is 11.3 Å². The highest BCUT2D eigenvalue weighted by Crippen LogP contribution is 2.37. The highest BCUT2D eigenvalue weighted by molar-refractivity contribution is 6.00. The summed E-state index contributed by atoms with van der Waals surface area (Å²) in [5.41, 5.74) is 3.79. The number of piperidine rings is 1. The summed E-state index contributed by atoms with van der Waals surface area (Å²) >= 11 is 0. The van der Waals surface area contributed by atoms with Gasteiger partial charge in [-0.1, -0.05) is 51.1 Å². The molecule has 4 rings (SSSR count). The molecule has 170 valence electrons. The van der Waals surface area contributed by atoms with E-state index in [1.165, 1.54) is 0 Å². The maximum atomic E-state index is 12.3. The van der Waals surface area contributed by atoms with Gasteiger partial charge in [0.2, 0.25) is 11.8 Å². The summed E-state index contributed by atoms with van der Waals surface area (Å²) < 4.78 is 0. The Kier molecular flexibility index (Phi) is 6.35. The molecule has 2 aromatic rings. The van der Waals surface area contributed by atoms with E-state index >= 15 is 0 Å². The van der Waals surface area contributed by atoms with Crippen molar-refractivity contribution in [2.75, 3.05) is 23.7 Å². The number of carbonyl (C=O) groups excluding carboxylic acids is 2. The lowest BCUT2D eigenvalue weighted by Gasteiger charge is -2.37. The highest BCUT2D eigenvalue weighted by Gasteiger charge is 2.29. The Bertz CT molecular complexity index is 1130. The van der Waals surface area contributed by atoms with Gasteiger partial charge in [0.15, 0.2) is 0 Å². The molecule has 6 heteroatoms. The monoisotopic (exact) mass is 442 g/mol. The number of benzene rings is 2. The van der Waals surface area contributed by atoms with Crippen molar-refractivity contribution in [3.63, 3.8) is 0 Å². The van der Waals surface area contributed by atoms with Crippen molar-refractivity contribution >= 4 is 23.2 Å². The van der Waals surface area contributed by atoms with Crippen LogP contribution >= 0.6 is 0 Å². The SMILES string of the molecule is CC(C)(C)C(=O)Nc1ccc(C2CCN(C3C=CC(=O)Nc4ccccc43)CC2)c(C#N)c1. The first-order valence-corrected chi connectivity index (χ1v) is 11.4. The first kappa shape index (κ1) is 22.8. The number of nitriles is 1. The van der Waals surface area contributed by atoms with Crippen LogP contribution in [-0.4, -0.2) is 29.8 Å². The molecule has 33 heavy (non-hydrogen) atoms. The fraction of sp³-hybridized carbons (Fsp3) is 0.370. The highest BCUT2D eigenvalue weighted by atomic mass is 16.2. The molecule has 0 saturated carbocycles. The number of nitrogens with zero attached hydrogens (tertiary/aromatic N) is 2. The summed E-state index contributed by atoms with van der Waals surface area (Å²) in [5, 5.41) is 15.6. The average molecular weight is 443 g/mol. The standard InChI is InChI=1S/C27H30N4O2/c1-27(2,3)26(33)29-20-8-9-21(19(16-20)17-28)18-12-14-31(15-13-18)24-10-11-25(32)30-23-7-5-4-6-22(23)24/h4-11,16,18,24H,12-15H2,1-3H3,(H,29,33)(H,30,32). The second-order valence-corrected chi connectivity index (χ2v) is 9.81. The van der Waals surface area contributed by atoms with E-state index in [1.54, 1.807) is 12.1 Å². The van der Waals surface area contributed by atoms with E-state index in [4.69, 9.17) is 0 Å². The topological polar surface area (TPSA) is 85.2 Å². The minimum Gasteiger partial charge on any atom is -0.326 e. The third kappa shape index (κ3) is 4.99. The third-order valence-electron chi connectivity index (χ3n) is 6.44. The molecule has 2 aliphatic heterocycles. The molecule has 1 unspecified atom stereocenters. The lowest BCUT2D eigenvalue weighted by atomic mass is 9.85. The maximum Gasteiger partial charge on any atom is 0.248 e. The normalized spacial score (nSPS) is 19.2. The van der Waals surface area contributed by atoms with Gasteiger partial charge in [-0.25, -0.2) is 0 Å². The average Bonchev–Trinajstić information content (AvgIpc) is 2.96. The number of anilines is 2. The summed E-state index contributed by atoms with van der Waals surface area (Å²) in [6.07, 6.45) is 5.45. The second-order valence-electron chi connectivity index (χ2n) is 9.81. The molecular formula is C27H30N4O2. The van der Waals surface area contributed by atoms with Crippen molar-refractivity contribution in [3.05, 3.63) is 71.3 Å². The van der Waals surface area contributed by atoms with Crippen LogP contribution in [0.2, 0.25) is 0 Å². The fourth-order valence-electron chi connectivity index (χ4n) is 4.54. The predicted octanol–water partition coefficient (Wildman–Crippen LogP) is 4.97. The molecule has 0 spiro atoms. The molecule has 1 saturated heterocycles. The Balaban J connectivity index is 1.48. The van der Waals surface area contributed by atoms with E-state index in [2.05, 4.69) is 27.7 Å². The first-order valence-electron chi connectivity index (χ1n) is 11.4. The maximum absolute atomic E-state index is 12.3. The summed E-state index contributed by atoms with van der Waals surface area (Å²) in [7, 11) is 0. The van der Waals surface area contributed by atoms with Crippen LogP contribution < -0.4 is 10.6 Å². The number of hydrogen-bond donors (Lipinski definition) is 2. The van der Waals surface area contributed by atoms with Crippen LogP contribution in [0.15, 0.2) is 54.6 Å². The van der Waals surface area contributed by atoms with Crippen LogP contribution in [0.25, 0.3) is 0 Å². The quantitative estimate of drug-likeness (QED) is 0.703. The molecule has 1 atom stereocenters. The lowest BCUT2D eigenvalue weighted by Crippen LogP contribution is -2.35. The Hall–Kier alpha value is -3.43. The van der Waals surface area contributed by atoms with Gasteiger partial charge in [0.1, 0.15) is 0 Å². The van der Waals surface area contributed by atoms with Gasteiger partial charge in [-0.15, -0.1) is 0 Å². The zero-order valence-corrected chi connectivity index (χ0v) is 19.4. The summed E-state index contributed by atoms with van der Waals surface area (Å²) in [6.45, 7) is 7.34. The summed E-state index contributed by atoms with van der Waals surface area (Å²) in [6, 6.07) is 16.0. The second kappa shape index (κ2) is 9.21. The molecule has 2 aliphatic rings. The number of rotatable bonds is 3. The van der Waals surface area contributed by atoms with Gasteiger partial charge in [-0.2, -0.15) is 5.26 Å². The Morgan fingerprint density at radius 2 is 1.85 bits per heavy atom. The molecule has 2 amide bonds. The van der Waals surface area contributed by atoms with E-state index in [0.717, 1.165) is 42.7 Å². The molecular weight excluding hydrogens is 412 g/mol. The van der Waals surface area contributed by atoms with Crippen LogP contribution in [0.3, 0.4) is 0 Å². The number of amides is 2. The summed E-state index contributed by atoms with van der Waals surface area (Å²) in [5.74, 6) is 0.113. The van der Waals surface area contributed by atoms with Crippen molar-refractivity contribution in [2.24, 2.45) is 5.41 Å². The molecule has 2 N–H and O–H groups in total. The molecule has 2 heterocycles. The van der Waals surface area contributed by atoms with Crippen LogP contribution in [0, 0.1) is 16.7 Å². The van der Waals surface area contributed by atoms with Crippen LogP contribution in [0.5, 0.6) is 0 Å². The minimum atomic E-state index is -0.497. The van der Waals surface area contributed by atoms with Gasteiger partial charge in [0.05, 0.1) is 17.7 Å². The number of carbonyl (C=O) groups is 2. The fourth-order valence-corrected chi connectivity index (χ4v) is 4.54. The van der Waals surface area contributed by atoms with Crippen LogP contribution in [0.1, 0.15) is 62.3 Å².